The highest BCUT2D eigenvalue weighted by Gasteiger charge is 2.19. The van der Waals surface area contributed by atoms with Crippen LogP contribution in [-0.4, -0.2) is 44.0 Å². The van der Waals surface area contributed by atoms with Gasteiger partial charge in [-0.25, -0.2) is 4.57 Å². The number of phosphoric acid groups is 1. The predicted molar refractivity (Wildman–Crippen MR) is 105 cm³/mol. The van der Waals surface area contributed by atoms with E-state index in [9.17, 15) is 9.36 Å². The SMILES string of the molecule is COc1ccc(/C=C/C(=O)c2cc(OC)c(OC)c(OC)c2)cc1OP(=O)(O)O. The lowest BCUT2D eigenvalue weighted by atomic mass is 10.1. The van der Waals surface area contributed by atoms with Gasteiger partial charge in [-0.05, 0) is 35.9 Å². The fraction of sp³-hybridized carbons (Fsp3) is 0.211. The molecule has 0 heterocycles. The van der Waals surface area contributed by atoms with Gasteiger partial charge in [0.2, 0.25) is 5.75 Å². The molecular formula is C19H21O9P. The lowest BCUT2D eigenvalue weighted by molar-refractivity contribution is 0.104. The zero-order valence-electron chi connectivity index (χ0n) is 16.2. The molecule has 0 bridgehead atoms. The second-order valence-corrected chi connectivity index (χ2v) is 6.77. The van der Waals surface area contributed by atoms with E-state index in [2.05, 4.69) is 4.52 Å². The quantitative estimate of drug-likeness (QED) is 0.355. The third-order valence-corrected chi connectivity index (χ3v) is 4.22. The van der Waals surface area contributed by atoms with Gasteiger partial charge in [-0.3, -0.25) is 14.6 Å². The number of ketones is 1. The van der Waals surface area contributed by atoms with Crippen molar-refractivity contribution in [3.63, 3.8) is 0 Å². The van der Waals surface area contributed by atoms with Crippen molar-refractivity contribution in [2.75, 3.05) is 28.4 Å². The second-order valence-electron chi connectivity index (χ2n) is 5.60. The van der Waals surface area contributed by atoms with E-state index >= 15 is 0 Å². The monoisotopic (exact) mass is 424 g/mol. The van der Waals surface area contributed by atoms with Crippen LogP contribution in [-0.2, 0) is 4.57 Å². The van der Waals surface area contributed by atoms with Gasteiger partial charge >= 0.3 is 7.82 Å². The number of benzene rings is 2. The Kier molecular flexibility index (Phi) is 7.28. The number of carbonyl (C=O) groups excluding carboxylic acids is 1. The molecule has 0 amide bonds. The molecule has 156 valence electrons. The van der Waals surface area contributed by atoms with Gasteiger partial charge in [0.05, 0.1) is 28.4 Å². The zero-order valence-corrected chi connectivity index (χ0v) is 17.1. The molecular weight excluding hydrogens is 403 g/mol. The van der Waals surface area contributed by atoms with E-state index < -0.39 is 7.82 Å². The highest BCUT2D eigenvalue weighted by molar-refractivity contribution is 7.46. The molecule has 2 aromatic carbocycles. The second kappa shape index (κ2) is 9.47. The molecule has 0 radical (unpaired) electrons. The molecule has 0 atom stereocenters. The maximum atomic E-state index is 12.6. The average Bonchev–Trinajstić information content (AvgIpc) is 2.69. The summed E-state index contributed by atoms with van der Waals surface area (Å²) in [5, 5.41) is 0. The Balaban J connectivity index is 2.33. The Hall–Kier alpha value is -3.00. The first-order valence-electron chi connectivity index (χ1n) is 8.18. The van der Waals surface area contributed by atoms with Crippen LogP contribution in [0.25, 0.3) is 6.08 Å². The van der Waals surface area contributed by atoms with Gasteiger partial charge in [-0.2, -0.15) is 0 Å². The summed E-state index contributed by atoms with van der Waals surface area (Å²) in [4.78, 5) is 30.6. The highest BCUT2D eigenvalue weighted by atomic mass is 31.2. The number of ether oxygens (including phenoxy) is 4. The number of allylic oxidation sites excluding steroid dienone is 1. The summed E-state index contributed by atoms with van der Waals surface area (Å²) in [5.41, 5.74) is 0.769. The van der Waals surface area contributed by atoms with Crippen LogP contribution in [0.15, 0.2) is 36.4 Å². The van der Waals surface area contributed by atoms with E-state index in [1.165, 1.54) is 64.9 Å². The van der Waals surface area contributed by atoms with Crippen LogP contribution in [0.5, 0.6) is 28.7 Å². The zero-order chi connectivity index (χ0) is 21.6. The minimum atomic E-state index is -4.77. The van der Waals surface area contributed by atoms with Crippen LogP contribution >= 0.6 is 7.82 Å². The van der Waals surface area contributed by atoms with Crippen molar-refractivity contribution >= 4 is 19.7 Å². The summed E-state index contributed by atoms with van der Waals surface area (Å²) < 4.78 is 36.4. The Morgan fingerprint density at radius 1 is 0.862 bits per heavy atom. The summed E-state index contributed by atoms with van der Waals surface area (Å²) in [7, 11) is 0.921. The van der Waals surface area contributed by atoms with Gasteiger partial charge < -0.3 is 23.5 Å². The normalized spacial score (nSPS) is 11.2. The van der Waals surface area contributed by atoms with Crippen LogP contribution in [0.3, 0.4) is 0 Å². The Morgan fingerprint density at radius 2 is 1.45 bits per heavy atom. The minimum Gasteiger partial charge on any atom is -0.493 e. The standard InChI is InChI=1S/C19H21O9P/c1-24-15-8-6-12(9-16(15)28-29(21,22)23)5-7-14(20)13-10-17(25-2)19(27-4)18(11-13)26-3/h5-11H,1-4H3,(H2,21,22,23)/b7-5+. The number of rotatable bonds is 9. The molecule has 10 heteroatoms. The van der Waals surface area contributed by atoms with E-state index in [-0.39, 0.29) is 17.3 Å². The summed E-state index contributed by atoms with van der Waals surface area (Å²) in [5.74, 6) is 0.683. The van der Waals surface area contributed by atoms with E-state index in [0.29, 0.717) is 28.4 Å². The van der Waals surface area contributed by atoms with E-state index in [0.717, 1.165) is 0 Å². The highest BCUT2D eigenvalue weighted by Crippen LogP contribution is 2.42. The first-order valence-corrected chi connectivity index (χ1v) is 9.71. The van der Waals surface area contributed by atoms with Gasteiger partial charge in [-0.1, -0.05) is 12.1 Å². The molecule has 2 N–H and O–H groups in total. The van der Waals surface area contributed by atoms with Crippen molar-refractivity contribution in [2.24, 2.45) is 0 Å². The van der Waals surface area contributed by atoms with Crippen LogP contribution in [0.1, 0.15) is 15.9 Å². The van der Waals surface area contributed by atoms with Gasteiger partial charge in [0.1, 0.15) is 0 Å². The molecule has 0 aliphatic carbocycles. The van der Waals surface area contributed by atoms with E-state index in [4.69, 9.17) is 28.7 Å². The van der Waals surface area contributed by atoms with Crippen molar-refractivity contribution in [2.45, 2.75) is 0 Å². The third kappa shape index (κ3) is 5.74. The Morgan fingerprint density at radius 3 is 1.93 bits per heavy atom. The molecule has 0 saturated carbocycles. The number of phosphoric ester groups is 1. The summed E-state index contributed by atoms with van der Waals surface area (Å²) in [6.45, 7) is 0. The number of carbonyl (C=O) groups is 1. The van der Waals surface area contributed by atoms with E-state index in [1.54, 1.807) is 6.07 Å². The molecule has 0 aliphatic rings. The number of hydrogen-bond donors (Lipinski definition) is 2. The largest absolute Gasteiger partial charge is 0.524 e. The van der Waals surface area contributed by atoms with Crippen LogP contribution in [0, 0.1) is 0 Å². The Bertz CT molecular complexity index is 937. The molecule has 9 nitrogen and oxygen atoms in total. The number of methoxy groups -OCH3 is 4. The lowest BCUT2D eigenvalue weighted by Gasteiger charge is -2.13. The van der Waals surface area contributed by atoms with Gasteiger partial charge in [-0.15, -0.1) is 0 Å². The molecule has 0 unspecified atom stereocenters. The van der Waals surface area contributed by atoms with Crippen LogP contribution in [0.2, 0.25) is 0 Å². The maximum Gasteiger partial charge on any atom is 0.524 e. The van der Waals surface area contributed by atoms with Crippen molar-refractivity contribution in [1.29, 1.82) is 0 Å². The molecule has 0 aliphatic heterocycles. The molecule has 0 saturated heterocycles. The molecule has 0 fully saturated rings. The Labute approximate surface area is 167 Å². The number of hydrogen-bond acceptors (Lipinski definition) is 7. The van der Waals surface area contributed by atoms with Crippen molar-refractivity contribution < 1.29 is 42.6 Å². The summed E-state index contributed by atoms with van der Waals surface area (Å²) in [6, 6.07) is 7.45. The average molecular weight is 424 g/mol. The van der Waals surface area contributed by atoms with Gasteiger partial charge in [0.15, 0.2) is 28.8 Å². The topological polar surface area (TPSA) is 121 Å². The molecule has 2 aromatic rings. The van der Waals surface area contributed by atoms with Crippen molar-refractivity contribution in [1.82, 2.24) is 0 Å². The summed E-state index contributed by atoms with van der Waals surface area (Å²) in [6.07, 6.45) is 2.77. The first-order chi connectivity index (χ1) is 13.7. The van der Waals surface area contributed by atoms with Gasteiger partial charge in [0, 0.05) is 5.56 Å². The van der Waals surface area contributed by atoms with Crippen molar-refractivity contribution in [3.8, 4) is 28.7 Å². The predicted octanol–water partition coefficient (Wildman–Crippen LogP) is 3.09. The minimum absolute atomic E-state index is 0.140. The van der Waals surface area contributed by atoms with Crippen molar-refractivity contribution in [3.05, 3.63) is 47.5 Å². The van der Waals surface area contributed by atoms with Crippen LogP contribution < -0.4 is 23.5 Å². The molecule has 0 aromatic heterocycles. The smallest absolute Gasteiger partial charge is 0.493 e. The maximum absolute atomic E-state index is 12.6. The fourth-order valence-corrected chi connectivity index (χ4v) is 2.89. The summed E-state index contributed by atoms with van der Waals surface area (Å²) >= 11 is 0. The first kappa shape index (κ1) is 22.3. The molecule has 2 rings (SSSR count). The fourth-order valence-electron chi connectivity index (χ4n) is 2.49. The molecule has 29 heavy (non-hydrogen) atoms. The lowest BCUT2D eigenvalue weighted by Crippen LogP contribution is -2.00. The third-order valence-electron chi connectivity index (χ3n) is 3.78. The van der Waals surface area contributed by atoms with Crippen LogP contribution in [0.4, 0.5) is 0 Å². The molecule has 0 spiro atoms. The van der Waals surface area contributed by atoms with Gasteiger partial charge in [0.25, 0.3) is 0 Å². The van der Waals surface area contributed by atoms with E-state index in [1.807, 2.05) is 0 Å².